The van der Waals surface area contributed by atoms with Crippen LogP contribution in [-0.2, 0) is 0 Å². The largest absolute Gasteiger partial charge is 0.144 e. The SMILES string of the molecule is C(=Cc1ccc2sccc2c1)c1ccc2sccc2c1. The second-order valence-corrected chi connectivity index (χ2v) is 6.66. The Kier molecular flexibility index (Phi) is 2.91. The van der Waals surface area contributed by atoms with Crippen molar-refractivity contribution >= 4 is 55.0 Å². The fourth-order valence-electron chi connectivity index (χ4n) is 2.37. The Morgan fingerprint density at radius 3 is 1.60 bits per heavy atom. The van der Waals surface area contributed by atoms with Crippen molar-refractivity contribution in [3.05, 3.63) is 70.4 Å². The predicted molar refractivity (Wildman–Crippen MR) is 92.6 cm³/mol. The lowest BCUT2D eigenvalue weighted by Crippen LogP contribution is -1.73. The van der Waals surface area contributed by atoms with E-state index in [4.69, 9.17) is 0 Å². The Balaban J connectivity index is 1.69. The van der Waals surface area contributed by atoms with Crippen LogP contribution in [0, 0.1) is 0 Å². The Bertz CT molecular complexity index is 833. The van der Waals surface area contributed by atoms with Gasteiger partial charge in [0.05, 0.1) is 0 Å². The highest BCUT2D eigenvalue weighted by molar-refractivity contribution is 7.17. The minimum atomic E-state index is 1.25. The Morgan fingerprint density at radius 1 is 0.600 bits per heavy atom. The highest BCUT2D eigenvalue weighted by Crippen LogP contribution is 2.24. The smallest absolute Gasteiger partial charge is 0.0343 e. The van der Waals surface area contributed by atoms with Gasteiger partial charge in [-0.1, -0.05) is 24.3 Å². The first-order valence-electron chi connectivity index (χ1n) is 6.51. The normalized spacial score (nSPS) is 11.8. The number of hydrogen-bond donors (Lipinski definition) is 0. The minimum Gasteiger partial charge on any atom is -0.144 e. The van der Waals surface area contributed by atoms with Gasteiger partial charge in [-0.25, -0.2) is 0 Å². The molecule has 0 N–H and O–H groups in total. The van der Waals surface area contributed by atoms with Crippen molar-refractivity contribution in [1.82, 2.24) is 0 Å². The lowest BCUT2D eigenvalue weighted by molar-refractivity contribution is 1.74. The van der Waals surface area contributed by atoms with Crippen LogP contribution >= 0.6 is 22.7 Å². The maximum atomic E-state index is 2.24. The fourth-order valence-corrected chi connectivity index (χ4v) is 3.91. The van der Waals surface area contributed by atoms with Crippen LogP contribution in [-0.4, -0.2) is 0 Å². The molecule has 0 bridgehead atoms. The van der Waals surface area contributed by atoms with Gasteiger partial charge in [-0.15, -0.1) is 22.7 Å². The van der Waals surface area contributed by atoms with E-state index in [1.165, 1.54) is 31.3 Å². The maximum absolute atomic E-state index is 2.24. The van der Waals surface area contributed by atoms with Crippen molar-refractivity contribution < 1.29 is 0 Å². The van der Waals surface area contributed by atoms with E-state index in [0.717, 1.165) is 0 Å². The van der Waals surface area contributed by atoms with Gasteiger partial charge in [0, 0.05) is 9.40 Å². The van der Waals surface area contributed by atoms with Gasteiger partial charge in [0.2, 0.25) is 0 Å². The molecule has 4 rings (SSSR count). The summed E-state index contributed by atoms with van der Waals surface area (Å²) in [5, 5.41) is 6.93. The van der Waals surface area contributed by atoms with Crippen molar-refractivity contribution in [2.75, 3.05) is 0 Å². The standard InChI is InChI=1S/C18H12S2/c1(13-3-5-17-15(11-13)7-9-19-17)2-14-4-6-18-16(12-14)8-10-20-18/h1-12H. The van der Waals surface area contributed by atoms with Crippen molar-refractivity contribution in [3.63, 3.8) is 0 Å². The molecule has 2 heterocycles. The number of fused-ring (bicyclic) bond motifs is 2. The fraction of sp³-hybridized carbons (Fsp3) is 0. The first-order chi connectivity index (χ1) is 9.88. The first-order valence-corrected chi connectivity index (χ1v) is 8.27. The van der Waals surface area contributed by atoms with Gasteiger partial charge in [0.15, 0.2) is 0 Å². The van der Waals surface area contributed by atoms with Gasteiger partial charge >= 0.3 is 0 Å². The van der Waals surface area contributed by atoms with Crippen LogP contribution in [0.2, 0.25) is 0 Å². The molecule has 2 aromatic heterocycles. The van der Waals surface area contributed by atoms with Gasteiger partial charge in [-0.05, 0) is 69.1 Å². The Labute approximate surface area is 125 Å². The van der Waals surface area contributed by atoms with Crippen LogP contribution in [0.3, 0.4) is 0 Å². The summed E-state index contributed by atoms with van der Waals surface area (Å²) in [4.78, 5) is 0. The van der Waals surface area contributed by atoms with Crippen LogP contribution in [0.25, 0.3) is 32.3 Å². The summed E-state index contributed by atoms with van der Waals surface area (Å²) < 4.78 is 2.70. The molecular weight excluding hydrogens is 280 g/mol. The summed E-state index contributed by atoms with van der Waals surface area (Å²) in [6.45, 7) is 0. The topological polar surface area (TPSA) is 0 Å². The van der Waals surface area contributed by atoms with Gasteiger partial charge in [-0.3, -0.25) is 0 Å². The molecule has 0 aliphatic rings. The van der Waals surface area contributed by atoms with E-state index in [1.54, 1.807) is 22.7 Å². The monoisotopic (exact) mass is 292 g/mol. The molecule has 0 aliphatic heterocycles. The molecule has 0 saturated carbocycles. The molecule has 2 aromatic carbocycles. The zero-order valence-electron chi connectivity index (χ0n) is 10.7. The van der Waals surface area contributed by atoms with Crippen molar-refractivity contribution in [2.45, 2.75) is 0 Å². The Hall–Kier alpha value is -1.90. The molecule has 2 heteroatoms. The number of rotatable bonds is 2. The van der Waals surface area contributed by atoms with Gasteiger partial charge in [0.25, 0.3) is 0 Å². The van der Waals surface area contributed by atoms with E-state index >= 15 is 0 Å². The first kappa shape index (κ1) is 11.9. The number of benzene rings is 2. The van der Waals surface area contributed by atoms with E-state index in [2.05, 4.69) is 71.4 Å². The summed E-state index contributed by atoms with van der Waals surface area (Å²) in [6.07, 6.45) is 4.37. The van der Waals surface area contributed by atoms with Crippen LogP contribution < -0.4 is 0 Å². The molecule has 20 heavy (non-hydrogen) atoms. The molecule has 0 nitrogen and oxygen atoms in total. The van der Waals surface area contributed by atoms with Crippen LogP contribution in [0.1, 0.15) is 11.1 Å². The molecule has 0 atom stereocenters. The third kappa shape index (κ3) is 2.17. The van der Waals surface area contributed by atoms with E-state index in [-0.39, 0.29) is 0 Å². The maximum Gasteiger partial charge on any atom is 0.0343 e. The van der Waals surface area contributed by atoms with E-state index < -0.39 is 0 Å². The molecular formula is C18H12S2. The summed E-state index contributed by atoms with van der Waals surface area (Å²) in [5.74, 6) is 0. The van der Waals surface area contributed by atoms with Crippen LogP contribution in [0.4, 0.5) is 0 Å². The molecule has 0 spiro atoms. The molecule has 96 valence electrons. The second kappa shape index (κ2) is 4.89. The third-order valence-electron chi connectivity index (χ3n) is 3.42. The molecule has 4 aromatic rings. The lowest BCUT2D eigenvalue weighted by atomic mass is 10.1. The van der Waals surface area contributed by atoms with Crippen LogP contribution in [0.5, 0.6) is 0 Å². The summed E-state index contributed by atoms with van der Waals surface area (Å²) >= 11 is 3.58. The van der Waals surface area contributed by atoms with Gasteiger partial charge in [0.1, 0.15) is 0 Å². The molecule has 0 aliphatic carbocycles. The van der Waals surface area contributed by atoms with E-state index in [1.807, 2.05) is 0 Å². The van der Waals surface area contributed by atoms with E-state index in [9.17, 15) is 0 Å². The van der Waals surface area contributed by atoms with Gasteiger partial charge in [-0.2, -0.15) is 0 Å². The summed E-state index contributed by atoms with van der Waals surface area (Å²) in [5.41, 5.74) is 2.50. The molecule has 0 radical (unpaired) electrons. The highest BCUT2D eigenvalue weighted by Gasteiger charge is 1.97. The molecule has 0 unspecified atom stereocenters. The molecule has 0 fully saturated rings. The zero-order chi connectivity index (χ0) is 13.4. The van der Waals surface area contributed by atoms with Crippen molar-refractivity contribution in [3.8, 4) is 0 Å². The number of hydrogen-bond acceptors (Lipinski definition) is 2. The Morgan fingerprint density at radius 2 is 1.10 bits per heavy atom. The van der Waals surface area contributed by atoms with Crippen LogP contribution in [0.15, 0.2) is 59.3 Å². The molecule has 0 saturated heterocycles. The predicted octanol–water partition coefficient (Wildman–Crippen LogP) is 6.29. The highest BCUT2D eigenvalue weighted by atomic mass is 32.1. The number of thiophene rings is 2. The van der Waals surface area contributed by atoms with E-state index in [0.29, 0.717) is 0 Å². The third-order valence-corrected chi connectivity index (χ3v) is 5.22. The summed E-state index contributed by atoms with van der Waals surface area (Å²) in [7, 11) is 0. The quantitative estimate of drug-likeness (QED) is 0.381. The average molecular weight is 292 g/mol. The molecule has 0 amide bonds. The average Bonchev–Trinajstić information content (AvgIpc) is 3.12. The summed E-state index contributed by atoms with van der Waals surface area (Å²) in [6, 6.07) is 17.6. The van der Waals surface area contributed by atoms with Crippen molar-refractivity contribution in [2.24, 2.45) is 0 Å². The zero-order valence-corrected chi connectivity index (χ0v) is 12.4. The minimum absolute atomic E-state index is 1.25. The lowest BCUT2D eigenvalue weighted by Gasteiger charge is -1.96. The van der Waals surface area contributed by atoms with Gasteiger partial charge < -0.3 is 0 Å². The van der Waals surface area contributed by atoms with Crippen molar-refractivity contribution in [1.29, 1.82) is 0 Å². The second-order valence-electron chi connectivity index (χ2n) is 4.77.